The molecule has 0 bridgehead atoms. The minimum Gasteiger partial charge on any atom is -0.325 e. The fraction of sp³-hybridized carbons (Fsp3) is 0.462. The zero-order valence-electron chi connectivity index (χ0n) is 11.0. The highest BCUT2D eigenvalue weighted by atomic mass is 19.1. The van der Waals surface area contributed by atoms with E-state index in [4.69, 9.17) is 5.73 Å². The van der Waals surface area contributed by atoms with Crippen molar-refractivity contribution in [3.8, 4) is 0 Å². The molecule has 0 radical (unpaired) electrons. The molecule has 0 unspecified atom stereocenters. The highest BCUT2D eigenvalue weighted by Crippen LogP contribution is 2.30. The van der Waals surface area contributed by atoms with Crippen molar-refractivity contribution >= 4 is 11.6 Å². The van der Waals surface area contributed by atoms with Gasteiger partial charge in [-0.15, -0.1) is 0 Å². The van der Waals surface area contributed by atoms with Crippen LogP contribution in [0.3, 0.4) is 0 Å². The van der Waals surface area contributed by atoms with E-state index in [1.807, 2.05) is 0 Å². The van der Waals surface area contributed by atoms with Crippen LogP contribution in [0.25, 0.3) is 0 Å². The Labute approximate surface area is 105 Å². The molecule has 0 aliphatic heterocycles. The Bertz CT molecular complexity index is 465. The van der Waals surface area contributed by atoms with Crippen LogP contribution in [-0.4, -0.2) is 11.4 Å². The van der Waals surface area contributed by atoms with E-state index in [0.29, 0.717) is 0 Å². The second-order valence-electron chi connectivity index (χ2n) is 5.42. The molecule has 0 atom stereocenters. The average Bonchev–Trinajstić information content (AvgIpc) is 2.21. The average molecular weight is 256 g/mol. The largest absolute Gasteiger partial charge is 0.325 e. The summed E-state index contributed by atoms with van der Waals surface area (Å²) in [5.41, 5.74) is 4.01. The number of nitrogens with one attached hydrogen (secondary N) is 1. The minimum absolute atomic E-state index is 0.183. The van der Waals surface area contributed by atoms with E-state index < -0.39 is 28.5 Å². The summed E-state index contributed by atoms with van der Waals surface area (Å²) >= 11 is 0. The molecule has 0 spiro atoms. The van der Waals surface area contributed by atoms with E-state index in [-0.39, 0.29) is 5.69 Å². The van der Waals surface area contributed by atoms with E-state index in [9.17, 15) is 13.6 Å². The Morgan fingerprint density at radius 3 is 2.28 bits per heavy atom. The SMILES string of the molecule is CC(C)(N)C(C)(C)C(=O)Nc1cc(F)ccc1F. The molecule has 0 heterocycles. The molecule has 1 aromatic rings. The number of hydrogen-bond acceptors (Lipinski definition) is 2. The lowest BCUT2D eigenvalue weighted by atomic mass is 9.74. The van der Waals surface area contributed by atoms with Crippen LogP contribution in [0.15, 0.2) is 18.2 Å². The number of hydrogen-bond donors (Lipinski definition) is 2. The van der Waals surface area contributed by atoms with E-state index in [2.05, 4.69) is 5.32 Å². The highest BCUT2D eigenvalue weighted by Gasteiger charge is 2.40. The molecular formula is C13H18F2N2O. The van der Waals surface area contributed by atoms with Crippen molar-refractivity contribution in [2.45, 2.75) is 33.2 Å². The van der Waals surface area contributed by atoms with Gasteiger partial charge in [0.15, 0.2) is 0 Å². The summed E-state index contributed by atoms with van der Waals surface area (Å²) in [5.74, 6) is -1.76. The zero-order chi connectivity index (χ0) is 14.1. The predicted octanol–water partition coefficient (Wildman–Crippen LogP) is 2.67. The van der Waals surface area contributed by atoms with Gasteiger partial charge in [-0.2, -0.15) is 0 Å². The maximum Gasteiger partial charge on any atom is 0.231 e. The normalized spacial score (nSPS) is 12.4. The molecule has 1 aromatic carbocycles. The fourth-order valence-corrected chi connectivity index (χ4v) is 1.16. The molecule has 100 valence electrons. The molecule has 0 aromatic heterocycles. The minimum atomic E-state index is -0.925. The van der Waals surface area contributed by atoms with Crippen molar-refractivity contribution in [2.75, 3.05) is 5.32 Å². The van der Waals surface area contributed by atoms with Gasteiger partial charge in [-0.05, 0) is 39.8 Å². The fourth-order valence-electron chi connectivity index (χ4n) is 1.16. The quantitative estimate of drug-likeness (QED) is 0.873. The summed E-state index contributed by atoms with van der Waals surface area (Å²) in [6.07, 6.45) is 0. The van der Waals surface area contributed by atoms with Crippen LogP contribution >= 0.6 is 0 Å². The molecular weight excluding hydrogens is 238 g/mol. The lowest BCUT2D eigenvalue weighted by Gasteiger charge is -2.36. The molecule has 5 heteroatoms. The van der Waals surface area contributed by atoms with Gasteiger partial charge in [-0.25, -0.2) is 8.78 Å². The van der Waals surface area contributed by atoms with Crippen LogP contribution in [-0.2, 0) is 4.79 Å². The number of nitrogens with two attached hydrogens (primary N) is 1. The number of halogens is 2. The number of carbonyl (C=O) groups excluding carboxylic acids is 1. The third-order valence-corrected chi connectivity index (χ3v) is 3.36. The van der Waals surface area contributed by atoms with Crippen molar-refractivity contribution in [3.05, 3.63) is 29.8 Å². The molecule has 0 saturated heterocycles. The maximum absolute atomic E-state index is 13.4. The van der Waals surface area contributed by atoms with Gasteiger partial charge in [-0.1, -0.05) is 0 Å². The zero-order valence-corrected chi connectivity index (χ0v) is 11.0. The van der Waals surface area contributed by atoms with Crippen molar-refractivity contribution in [1.29, 1.82) is 0 Å². The standard InChI is InChI=1S/C13H18F2N2O/c1-12(2,13(3,4)16)11(18)17-10-7-8(14)5-6-9(10)15/h5-7H,16H2,1-4H3,(H,17,18). The molecule has 1 rings (SSSR count). The third kappa shape index (κ3) is 2.85. The Morgan fingerprint density at radius 1 is 1.22 bits per heavy atom. The van der Waals surface area contributed by atoms with Gasteiger partial charge in [0.1, 0.15) is 11.6 Å². The number of amides is 1. The maximum atomic E-state index is 13.4. The molecule has 0 saturated carbocycles. The summed E-state index contributed by atoms with van der Waals surface area (Å²) in [4.78, 5) is 12.1. The molecule has 0 aliphatic carbocycles. The van der Waals surface area contributed by atoms with Gasteiger partial charge in [0.25, 0.3) is 0 Å². The Balaban J connectivity index is 2.98. The monoisotopic (exact) mass is 256 g/mol. The van der Waals surface area contributed by atoms with E-state index >= 15 is 0 Å². The van der Waals surface area contributed by atoms with Crippen molar-refractivity contribution in [2.24, 2.45) is 11.1 Å². The molecule has 3 N–H and O–H groups in total. The third-order valence-electron chi connectivity index (χ3n) is 3.36. The first-order valence-electron chi connectivity index (χ1n) is 5.61. The van der Waals surface area contributed by atoms with E-state index in [1.54, 1.807) is 27.7 Å². The van der Waals surface area contributed by atoms with Crippen molar-refractivity contribution in [3.63, 3.8) is 0 Å². The molecule has 0 fully saturated rings. The van der Waals surface area contributed by atoms with Crippen LogP contribution in [0.5, 0.6) is 0 Å². The van der Waals surface area contributed by atoms with Gasteiger partial charge in [0, 0.05) is 11.6 Å². The molecule has 18 heavy (non-hydrogen) atoms. The van der Waals surface area contributed by atoms with Crippen LogP contribution < -0.4 is 11.1 Å². The van der Waals surface area contributed by atoms with Gasteiger partial charge in [-0.3, -0.25) is 4.79 Å². The summed E-state index contributed by atoms with van der Waals surface area (Å²) in [6.45, 7) is 6.71. The van der Waals surface area contributed by atoms with Gasteiger partial charge < -0.3 is 11.1 Å². The van der Waals surface area contributed by atoms with Gasteiger partial charge in [0.05, 0.1) is 11.1 Å². The van der Waals surface area contributed by atoms with Crippen LogP contribution in [0, 0.1) is 17.0 Å². The Morgan fingerprint density at radius 2 is 1.78 bits per heavy atom. The first kappa shape index (κ1) is 14.6. The second-order valence-corrected chi connectivity index (χ2v) is 5.42. The number of anilines is 1. The first-order chi connectivity index (χ1) is 8.05. The molecule has 1 amide bonds. The lowest BCUT2D eigenvalue weighted by molar-refractivity contribution is -0.126. The molecule has 0 aliphatic rings. The lowest BCUT2D eigenvalue weighted by Crippen LogP contribution is -2.53. The topological polar surface area (TPSA) is 55.1 Å². The summed E-state index contributed by atoms with van der Waals surface area (Å²) in [6, 6.07) is 2.89. The summed E-state index contributed by atoms with van der Waals surface area (Å²) < 4.78 is 26.4. The predicted molar refractivity (Wildman–Crippen MR) is 67.0 cm³/mol. The number of carbonyl (C=O) groups is 1. The smallest absolute Gasteiger partial charge is 0.231 e. The van der Waals surface area contributed by atoms with Gasteiger partial charge >= 0.3 is 0 Å². The Hall–Kier alpha value is -1.49. The van der Waals surface area contributed by atoms with Crippen molar-refractivity contribution < 1.29 is 13.6 Å². The first-order valence-corrected chi connectivity index (χ1v) is 5.61. The Kier molecular flexibility index (Phi) is 3.76. The molecule has 3 nitrogen and oxygen atoms in total. The second kappa shape index (κ2) is 4.65. The van der Waals surface area contributed by atoms with E-state index in [1.165, 1.54) is 0 Å². The number of benzene rings is 1. The van der Waals surface area contributed by atoms with E-state index in [0.717, 1.165) is 18.2 Å². The van der Waals surface area contributed by atoms with Crippen LogP contribution in [0.1, 0.15) is 27.7 Å². The summed E-state index contributed by atoms with van der Waals surface area (Å²) in [5, 5.41) is 2.36. The van der Waals surface area contributed by atoms with Crippen LogP contribution in [0.4, 0.5) is 14.5 Å². The number of rotatable bonds is 3. The van der Waals surface area contributed by atoms with Gasteiger partial charge in [0.2, 0.25) is 5.91 Å². The summed E-state index contributed by atoms with van der Waals surface area (Å²) in [7, 11) is 0. The highest BCUT2D eigenvalue weighted by molar-refractivity contribution is 5.95. The van der Waals surface area contributed by atoms with Crippen LogP contribution in [0.2, 0.25) is 0 Å². The van der Waals surface area contributed by atoms with Crippen molar-refractivity contribution in [1.82, 2.24) is 0 Å².